The number of fused-ring (bicyclic) bond motifs is 1. The molecule has 7 heteroatoms. The second kappa shape index (κ2) is 6.92. The molecular formula is C21H20FN5O. The molecule has 0 bridgehead atoms. The molecule has 0 aliphatic rings. The fraction of sp³-hybridized carbons (Fsp3) is 0.190. The molecule has 2 heterocycles. The van der Waals surface area contributed by atoms with E-state index in [1.54, 1.807) is 29.2 Å². The molecule has 0 N–H and O–H groups in total. The van der Waals surface area contributed by atoms with E-state index in [1.165, 1.54) is 6.07 Å². The Balaban J connectivity index is 1.88. The first-order valence-electron chi connectivity index (χ1n) is 8.87. The summed E-state index contributed by atoms with van der Waals surface area (Å²) in [7, 11) is 3.76. The predicted molar refractivity (Wildman–Crippen MR) is 107 cm³/mol. The minimum absolute atomic E-state index is 0.142. The van der Waals surface area contributed by atoms with E-state index in [9.17, 15) is 4.39 Å². The highest BCUT2D eigenvalue weighted by Gasteiger charge is 2.17. The van der Waals surface area contributed by atoms with E-state index in [4.69, 9.17) is 4.74 Å². The maximum absolute atomic E-state index is 14.9. The largest absolute Gasteiger partial charge is 0.454 e. The van der Waals surface area contributed by atoms with Crippen molar-refractivity contribution in [1.82, 2.24) is 19.7 Å². The van der Waals surface area contributed by atoms with Gasteiger partial charge in [-0.15, -0.1) is 0 Å². The first kappa shape index (κ1) is 17.9. The summed E-state index contributed by atoms with van der Waals surface area (Å²) >= 11 is 0. The topological polar surface area (TPSA) is 56.1 Å². The number of ether oxygens (including phenoxy) is 1. The van der Waals surface area contributed by atoms with Crippen LogP contribution < -0.4 is 9.64 Å². The smallest absolute Gasteiger partial charge is 0.253 e. The van der Waals surface area contributed by atoms with E-state index in [0.29, 0.717) is 28.4 Å². The van der Waals surface area contributed by atoms with Crippen molar-refractivity contribution >= 4 is 16.7 Å². The lowest BCUT2D eigenvalue weighted by molar-refractivity contribution is 0.438. The Morgan fingerprint density at radius 1 is 1.04 bits per heavy atom. The zero-order chi connectivity index (χ0) is 19.8. The molecule has 4 rings (SSSR count). The van der Waals surface area contributed by atoms with Crippen LogP contribution in [-0.2, 0) is 0 Å². The number of aryl methyl sites for hydroxylation is 2. The zero-order valence-corrected chi connectivity index (χ0v) is 16.1. The highest BCUT2D eigenvalue weighted by molar-refractivity contribution is 5.91. The van der Waals surface area contributed by atoms with Gasteiger partial charge in [-0.05, 0) is 37.1 Å². The van der Waals surface area contributed by atoms with Gasteiger partial charge < -0.3 is 9.64 Å². The molecule has 2 aromatic heterocycles. The quantitative estimate of drug-likeness (QED) is 0.527. The van der Waals surface area contributed by atoms with Crippen LogP contribution in [0.2, 0.25) is 0 Å². The van der Waals surface area contributed by atoms with Crippen LogP contribution in [0.5, 0.6) is 11.5 Å². The number of hydrogen-bond acceptors (Lipinski definition) is 5. The second-order valence-corrected chi connectivity index (χ2v) is 6.82. The third-order valence-electron chi connectivity index (χ3n) is 4.47. The molecule has 0 aliphatic heterocycles. The fourth-order valence-electron chi connectivity index (χ4n) is 3.08. The number of halogens is 1. The van der Waals surface area contributed by atoms with Gasteiger partial charge in [0, 0.05) is 37.9 Å². The van der Waals surface area contributed by atoms with E-state index in [0.717, 1.165) is 11.1 Å². The number of aromatic nitrogens is 4. The molecule has 0 amide bonds. The summed E-state index contributed by atoms with van der Waals surface area (Å²) in [6.45, 7) is 3.87. The van der Waals surface area contributed by atoms with Crippen molar-refractivity contribution in [1.29, 1.82) is 0 Å². The van der Waals surface area contributed by atoms with Crippen LogP contribution in [0.25, 0.3) is 16.9 Å². The summed E-state index contributed by atoms with van der Waals surface area (Å²) in [6.07, 6.45) is 3.39. The molecule has 0 radical (unpaired) electrons. The van der Waals surface area contributed by atoms with Gasteiger partial charge in [-0.2, -0.15) is 10.1 Å². The summed E-state index contributed by atoms with van der Waals surface area (Å²) in [5, 5.41) is 4.86. The van der Waals surface area contributed by atoms with Crippen molar-refractivity contribution < 1.29 is 9.13 Å². The highest BCUT2D eigenvalue weighted by Crippen LogP contribution is 2.34. The van der Waals surface area contributed by atoms with Crippen LogP contribution >= 0.6 is 0 Å². The highest BCUT2D eigenvalue weighted by atomic mass is 19.1. The van der Waals surface area contributed by atoms with E-state index < -0.39 is 5.82 Å². The average Bonchev–Trinajstić information content (AvgIpc) is 3.19. The summed E-state index contributed by atoms with van der Waals surface area (Å²) in [5.74, 6) is 1.35. The minimum atomic E-state index is -0.482. The van der Waals surface area contributed by atoms with E-state index >= 15 is 0 Å². The molecule has 0 spiro atoms. The third kappa shape index (κ3) is 3.15. The summed E-state index contributed by atoms with van der Waals surface area (Å²) in [4.78, 5) is 10.9. The standard InChI is InChI=1S/C21H20FN5O/c1-13-7-5-8-14(2)19(13)28-18-11-15-17(12-16(18)22)24-21(25-20(15)26(3)4)27-10-6-9-23-27/h5-12H,1-4H3. The first-order chi connectivity index (χ1) is 13.4. The molecule has 2 aromatic carbocycles. The van der Waals surface area contributed by atoms with Crippen LogP contribution in [0, 0.1) is 19.7 Å². The Labute approximate surface area is 162 Å². The van der Waals surface area contributed by atoms with Crippen molar-refractivity contribution in [2.45, 2.75) is 13.8 Å². The van der Waals surface area contributed by atoms with Crippen LogP contribution in [0.15, 0.2) is 48.8 Å². The monoisotopic (exact) mass is 377 g/mol. The molecule has 142 valence electrons. The number of nitrogens with zero attached hydrogens (tertiary/aromatic N) is 5. The van der Waals surface area contributed by atoms with Crippen molar-refractivity contribution in [3.63, 3.8) is 0 Å². The number of benzene rings is 2. The van der Waals surface area contributed by atoms with Gasteiger partial charge in [0.15, 0.2) is 11.6 Å². The Bertz CT molecular complexity index is 1140. The lowest BCUT2D eigenvalue weighted by Crippen LogP contribution is -2.14. The summed E-state index contributed by atoms with van der Waals surface area (Å²) < 4.78 is 22.4. The molecule has 4 aromatic rings. The van der Waals surface area contributed by atoms with Gasteiger partial charge in [0.25, 0.3) is 5.95 Å². The normalized spacial score (nSPS) is 11.0. The Hall–Kier alpha value is -3.48. The van der Waals surface area contributed by atoms with Crippen molar-refractivity contribution in [2.24, 2.45) is 0 Å². The van der Waals surface area contributed by atoms with Crippen LogP contribution in [0.4, 0.5) is 10.2 Å². The predicted octanol–water partition coefficient (Wildman–Crippen LogP) is 4.43. The van der Waals surface area contributed by atoms with Crippen LogP contribution in [-0.4, -0.2) is 33.8 Å². The second-order valence-electron chi connectivity index (χ2n) is 6.82. The Kier molecular flexibility index (Phi) is 4.43. The fourth-order valence-corrected chi connectivity index (χ4v) is 3.08. The molecule has 0 aliphatic carbocycles. The SMILES string of the molecule is Cc1cccc(C)c1Oc1cc2c(N(C)C)nc(-n3cccn3)nc2cc1F. The van der Waals surface area contributed by atoms with E-state index in [2.05, 4.69) is 15.1 Å². The molecule has 0 unspecified atom stereocenters. The van der Waals surface area contributed by atoms with E-state index in [-0.39, 0.29) is 5.75 Å². The number of rotatable bonds is 4. The number of para-hydroxylation sites is 1. The molecule has 0 saturated carbocycles. The lowest BCUT2D eigenvalue weighted by atomic mass is 10.1. The molecule has 0 fully saturated rings. The summed E-state index contributed by atoms with van der Waals surface area (Å²) in [6, 6.07) is 10.6. The van der Waals surface area contributed by atoms with Gasteiger partial charge in [-0.25, -0.2) is 14.1 Å². The van der Waals surface area contributed by atoms with Crippen molar-refractivity contribution in [2.75, 3.05) is 19.0 Å². The van der Waals surface area contributed by atoms with E-state index in [1.807, 2.05) is 51.0 Å². The number of anilines is 1. The van der Waals surface area contributed by atoms with Crippen molar-refractivity contribution in [3.05, 3.63) is 65.7 Å². The van der Waals surface area contributed by atoms with Gasteiger partial charge in [0.05, 0.1) is 5.52 Å². The van der Waals surface area contributed by atoms with Gasteiger partial charge >= 0.3 is 0 Å². The average molecular weight is 377 g/mol. The van der Waals surface area contributed by atoms with Gasteiger partial charge in [0.2, 0.25) is 0 Å². The zero-order valence-electron chi connectivity index (χ0n) is 16.1. The first-order valence-corrected chi connectivity index (χ1v) is 8.87. The molecular weight excluding hydrogens is 357 g/mol. The maximum Gasteiger partial charge on any atom is 0.253 e. The van der Waals surface area contributed by atoms with Crippen LogP contribution in [0.1, 0.15) is 11.1 Å². The maximum atomic E-state index is 14.9. The number of hydrogen-bond donors (Lipinski definition) is 0. The molecule has 0 atom stereocenters. The van der Waals surface area contributed by atoms with Gasteiger partial charge in [0.1, 0.15) is 11.6 Å². The van der Waals surface area contributed by atoms with Gasteiger partial charge in [-0.3, -0.25) is 0 Å². The van der Waals surface area contributed by atoms with Gasteiger partial charge in [-0.1, -0.05) is 18.2 Å². The third-order valence-corrected chi connectivity index (χ3v) is 4.47. The lowest BCUT2D eigenvalue weighted by Gasteiger charge is -2.17. The van der Waals surface area contributed by atoms with Crippen LogP contribution in [0.3, 0.4) is 0 Å². The Morgan fingerprint density at radius 3 is 2.43 bits per heavy atom. The molecule has 6 nitrogen and oxygen atoms in total. The molecule has 0 saturated heterocycles. The minimum Gasteiger partial charge on any atom is -0.454 e. The van der Waals surface area contributed by atoms with Crippen molar-refractivity contribution in [3.8, 4) is 17.4 Å². The molecule has 28 heavy (non-hydrogen) atoms. The summed E-state index contributed by atoms with van der Waals surface area (Å²) in [5.41, 5.74) is 2.37. The Morgan fingerprint density at radius 2 is 1.79 bits per heavy atom.